The van der Waals surface area contributed by atoms with Gasteiger partial charge in [-0.1, -0.05) is 30.3 Å². The number of β-amino-alcohol motifs (C(OH)–C–C–N with tert-alkyl or cyclic N) is 1. The summed E-state index contributed by atoms with van der Waals surface area (Å²) < 4.78 is 5.23. The number of aliphatic hydroxyl groups excluding tert-OH is 2. The van der Waals surface area contributed by atoms with Crippen molar-refractivity contribution < 1.29 is 19.7 Å². The van der Waals surface area contributed by atoms with Crippen molar-refractivity contribution in [1.29, 1.82) is 0 Å². The number of rotatable bonds is 6. The number of nitrogens with one attached hydrogen (secondary N) is 1. The molecule has 25 heavy (non-hydrogen) atoms. The zero-order chi connectivity index (χ0) is 17.9. The average molecular weight is 348 g/mol. The van der Waals surface area contributed by atoms with Gasteiger partial charge < -0.3 is 20.3 Å². The highest BCUT2D eigenvalue weighted by Gasteiger charge is 2.51. The summed E-state index contributed by atoms with van der Waals surface area (Å²) in [4.78, 5) is 14.2. The predicted molar refractivity (Wildman–Crippen MR) is 94.0 cm³/mol. The summed E-state index contributed by atoms with van der Waals surface area (Å²) in [6, 6.07) is 9.05. The lowest BCUT2D eigenvalue weighted by Crippen LogP contribution is -2.54. The van der Waals surface area contributed by atoms with E-state index in [2.05, 4.69) is 10.2 Å². The molecule has 3 atom stereocenters. The fourth-order valence-corrected chi connectivity index (χ4v) is 3.50. The number of benzene rings is 1. The van der Waals surface area contributed by atoms with Crippen molar-refractivity contribution in [3.63, 3.8) is 0 Å². The Morgan fingerprint density at radius 2 is 2.08 bits per heavy atom. The first-order valence-corrected chi connectivity index (χ1v) is 9.04. The molecular formula is C19H28N2O4. The molecule has 1 spiro atoms. The number of piperidine rings is 1. The zero-order valence-corrected chi connectivity index (χ0v) is 14.7. The number of alkyl carbamates (subject to hydrolysis) is 1. The number of carbonyl (C=O) groups is 1. The van der Waals surface area contributed by atoms with Gasteiger partial charge in [0.1, 0.15) is 6.61 Å². The lowest BCUT2D eigenvalue weighted by molar-refractivity contribution is -0.00179. The van der Waals surface area contributed by atoms with E-state index in [1.807, 2.05) is 30.3 Å². The number of amides is 1. The molecule has 1 amide bonds. The summed E-state index contributed by atoms with van der Waals surface area (Å²) in [5.41, 5.74) is 1.07. The highest BCUT2D eigenvalue weighted by Crippen LogP contribution is 2.53. The van der Waals surface area contributed by atoms with Gasteiger partial charge in [-0.2, -0.15) is 0 Å². The number of carbonyl (C=O) groups excluding carboxylic acids is 1. The first-order valence-electron chi connectivity index (χ1n) is 9.04. The number of aliphatic hydroxyl groups is 2. The Morgan fingerprint density at radius 1 is 1.36 bits per heavy atom. The smallest absolute Gasteiger partial charge is 0.407 e. The van der Waals surface area contributed by atoms with Gasteiger partial charge >= 0.3 is 6.09 Å². The monoisotopic (exact) mass is 348 g/mol. The van der Waals surface area contributed by atoms with Crippen molar-refractivity contribution >= 4 is 6.09 Å². The molecule has 2 fully saturated rings. The molecule has 0 radical (unpaired) electrons. The van der Waals surface area contributed by atoms with Crippen LogP contribution in [0.3, 0.4) is 0 Å². The van der Waals surface area contributed by atoms with Crippen LogP contribution in [-0.4, -0.2) is 59.1 Å². The second kappa shape index (κ2) is 7.72. The van der Waals surface area contributed by atoms with E-state index in [-0.39, 0.29) is 18.1 Å². The average Bonchev–Trinajstić information content (AvgIpc) is 3.38. The van der Waals surface area contributed by atoms with E-state index in [1.165, 1.54) is 0 Å². The van der Waals surface area contributed by atoms with Gasteiger partial charge in [-0.25, -0.2) is 4.79 Å². The van der Waals surface area contributed by atoms with Gasteiger partial charge in [-0.05, 0) is 43.7 Å². The van der Waals surface area contributed by atoms with Crippen LogP contribution in [-0.2, 0) is 11.3 Å². The minimum Gasteiger partial charge on any atom is -0.445 e. The van der Waals surface area contributed by atoms with E-state index in [1.54, 1.807) is 6.92 Å². The van der Waals surface area contributed by atoms with E-state index in [0.29, 0.717) is 13.1 Å². The second-order valence-electron chi connectivity index (χ2n) is 7.44. The quantitative estimate of drug-likeness (QED) is 0.726. The van der Waals surface area contributed by atoms with Crippen LogP contribution in [0.1, 0.15) is 31.7 Å². The van der Waals surface area contributed by atoms with Crippen molar-refractivity contribution in [3.05, 3.63) is 35.9 Å². The molecule has 0 aromatic heterocycles. The maximum atomic E-state index is 12.0. The Kier molecular flexibility index (Phi) is 5.61. The molecule has 3 N–H and O–H groups in total. The summed E-state index contributed by atoms with van der Waals surface area (Å²) in [6.45, 7) is 3.85. The standard InChI is InChI=1S/C19H28N2O4/c1-14(22)16(11-21-10-9-19(7-8-19)17(23)12-21)20-18(24)25-13-15-5-3-2-4-6-15/h2-6,14,16-17,22-23H,7-13H2,1H3,(H,20,24). The number of nitrogens with zero attached hydrogens (tertiary/aromatic N) is 1. The lowest BCUT2D eigenvalue weighted by Gasteiger charge is -2.38. The molecule has 1 aliphatic carbocycles. The molecule has 6 heteroatoms. The van der Waals surface area contributed by atoms with Gasteiger partial charge in [0.25, 0.3) is 0 Å². The van der Waals surface area contributed by atoms with E-state index < -0.39 is 18.2 Å². The summed E-state index contributed by atoms with van der Waals surface area (Å²) in [7, 11) is 0. The topological polar surface area (TPSA) is 82.0 Å². The van der Waals surface area contributed by atoms with Gasteiger partial charge in [0.05, 0.1) is 18.2 Å². The third-order valence-electron chi connectivity index (χ3n) is 5.51. The van der Waals surface area contributed by atoms with Crippen molar-refractivity contribution in [2.45, 2.75) is 51.0 Å². The molecule has 3 rings (SSSR count). The highest BCUT2D eigenvalue weighted by atomic mass is 16.5. The van der Waals surface area contributed by atoms with Crippen LogP contribution < -0.4 is 5.32 Å². The Balaban J connectivity index is 1.46. The van der Waals surface area contributed by atoms with Gasteiger partial charge in [0, 0.05) is 13.1 Å². The van der Waals surface area contributed by atoms with Crippen LogP contribution in [0, 0.1) is 5.41 Å². The Hall–Kier alpha value is -1.63. The van der Waals surface area contributed by atoms with Crippen LogP contribution in [0.4, 0.5) is 4.79 Å². The molecule has 1 aromatic rings. The third-order valence-corrected chi connectivity index (χ3v) is 5.51. The number of hydrogen-bond donors (Lipinski definition) is 3. The van der Waals surface area contributed by atoms with Gasteiger partial charge in [0.15, 0.2) is 0 Å². The molecule has 1 heterocycles. The van der Waals surface area contributed by atoms with Gasteiger partial charge in [-0.15, -0.1) is 0 Å². The molecule has 1 saturated carbocycles. The van der Waals surface area contributed by atoms with Crippen LogP contribution in [0.2, 0.25) is 0 Å². The van der Waals surface area contributed by atoms with Crippen molar-refractivity contribution in [3.8, 4) is 0 Å². The van der Waals surface area contributed by atoms with E-state index in [9.17, 15) is 15.0 Å². The first kappa shape index (κ1) is 18.2. The molecule has 1 aromatic carbocycles. The van der Waals surface area contributed by atoms with Gasteiger partial charge in [-0.3, -0.25) is 4.90 Å². The Morgan fingerprint density at radius 3 is 2.68 bits per heavy atom. The second-order valence-corrected chi connectivity index (χ2v) is 7.44. The van der Waals surface area contributed by atoms with Crippen LogP contribution in [0.25, 0.3) is 0 Å². The third kappa shape index (κ3) is 4.71. The minimum atomic E-state index is -0.696. The van der Waals surface area contributed by atoms with Crippen LogP contribution in [0.5, 0.6) is 0 Å². The van der Waals surface area contributed by atoms with Crippen LogP contribution >= 0.6 is 0 Å². The van der Waals surface area contributed by atoms with Crippen LogP contribution in [0.15, 0.2) is 30.3 Å². The summed E-state index contributed by atoms with van der Waals surface area (Å²) in [5, 5.41) is 23.0. The number of likely N-dealkylation sites (tertiary alicyclic amines) is 1. The summed E-state index contributed by atoms with van der Waals surface area (Å²) in [6.07, 6.45) is 1.68. The fourth-order valence-electron chi connectivity index (χ4n) is 3.50. The molecule has 2 aliphatic rings. The Bertz CT molecular complexity index is 574. The molecule has 0 bridgehead atoms. The number of ether oxygens (including phenoxy) is 1. The first-order chi connectivity index (χ1) is 12.0. The normalized spacial score (nSPS) is 24.5. The summed E-state index contributed by atoms with van der Waals surface area (Å²) >= 11 is 0. The Labute approximate surface area is 148 Å². The molecule has 3 unspecified atom stereocenters. The zero-order valence-electron chi connectivity index (χ0n) is 14.7. The van der Waals surface area contributed by atoms with E-state index in [0.717, 1.165) is 31.4 Å². The van der Waals surface area contributed by atoms with Crippen molar-refractivity contribution in [2.75, 3.05) is 19.6 Å². The predicted octanol–water partition coefficient (Wildman–Crippen LogP) is 1.51. The van der Waals surface area contributed by atoms with Gasteiger partial charge in [0.2, 0.25) is 0 Å². The largest absolute Gasteiger partial charge is 0.445 e. The maximum absolute atomic E-state index is 12.0. The highest BCUT2D eigenvalue weighted by molar-refractivity contribution is 5.67. The van der Waals surface area contributed by atoms with E-state index in [4.69, 9.17) is 4.74 Å². The maximum Gasteiger partial charge on any atom is 0.407 e. The van der Waals surface area contributed by atoms with Crippen molar-refractivity contribution in [1.82, 2.24) is 10.2 Å². The number of hydrogen-bond acceptors (Lipinski definition) is 5. The molecular weight excluding hydrogens is 320 g/mol. The molecule has 1 saturated heterocycles. The molecule has 6 nitrogen and oxygen atoms in total. The lowest BCUT2D eigenvalue weighted by atomic mass is 9.90. The molecule has 1 aliphatic heterocycles. The molecule has 138 valence electrons. The van der Waals surface area contributed by atoms with Crippen molar-refractivity contribution in [2.24, 2.45) is 5.41 Å². The fraction of sp³-hybridized carbons (Fsp3) is 0.632. The summed E-state index contributed by atoms with van der Waals surface area (Å²) in [5.74, 6) is 0. The SMILES string of the molecule is CC(O)C(CN1CCC2(CC2)C(O)C1)NC(=O)OCc1ccccc1. The van der Waals surface area contributed by atoms with E-state index >= 15 is 0 Å². The minimum absolute atomic E-state index is 0.152.